The molecule has 0 unspecified atom stereocenters. The molecular weight excluding hydrogens is 484 g/mol. The summed E-state index contributed by atoms with van der Waals surface area (Å²) in [7, 11) is 0. The maximum absolute atomic E-state index is 13.6. The summed E-state index contributed by atoms with van der Waals surface area (Å²) in [5, 5.41) is 10.6. The van der Waals surface area contributed by atoms with Gasteiger partial charge in [-0.2, -0.15) is 0 Å². The molecule has 3 aromatic carbocycles. The third-order valence-corrected chi connectivity index (χ3v) is 7.14. The van der Waals surface area contributed by atoms with Crippen molar-refractivity contribution in [3.63, 3.8) is 0 Å². The topological polar surface area (TPSA) is 79.2 Å². The molecule has 0 saturated heterocycles. The number of hydrogen-bond donors (Lipinski definition) is 1. The number of halogens is 1. The first-order valence-corrected chi connectivity index (χ1v) is 12.0. The lowest BCUT2D eigenvalue weighted by atomic mass is 10.1. The number of carbonyl (C=O) groups is 2. The predicted molar refractivity (Wildman–Crippen MR) is 140 cm³/mol. The zero-order chi connectivity index (χ0) is 24.5. The molecule has 1 amide bonds. The van der Waals surface area contributed by atoms with Crippen molar-refractivity contribution in [3.05, 3.63) is 99.5 Å². The standard InChI is InChI=1S/C27H19ClN2O4S/c1-2-34-19-13-11-18(12-14-19)30-25(24-23(28)20-5-3-4-6-22(20)35-24)29-21(26(30)31)15-16-7-9-17(10-8-16)27(32)33/h3-15H,2H2,1H3,(H,32,33). The summed E-state index contributed by atoms with van der Waals surface area (Å²) < 4.78 is 6.54. The Labute approximate surface area is 210 Å². The van der Waals surface area contributed by atoms with Gasteiger partial charge in [0.2, 0.25) is 0 Å². The SMILES string of the molecule is CCOc1ccc(N2C(=O)C(=Cc3ccc(C(=O)O)cc3)N=C2c2sc3ccccc3c2Cl)cc1. The first kappa shape index (κ1) is 22.8. The summed E-state index contributed by atoms with van der Waals surface area (Å²) in [6, 6.07) is 21.3. The summed E-state index contributed by atoms with van der Waals surface area (Å²) in [6.07, 6.45) is 1.64. The monoisotopic (exact) mass is 502 g/mol. The molecule has 0 fully saturated rings. The van der Waals surface area contributed by atoms with Gasteiger partial charge in [-0.25, -0.2) is 9.79 Å². The predicted octanol–water partition coefficient (Wildman–Crippen LogP) is 6.49. The van der Waals surface area contributed by atoms with Gasteiger partial charge in [0.1, 0.15) is 11.4 Å². The number of amides is 1. The minimum Gasteiger partial charge on any atom is -0.494 e. The lowest BCUT2D eigenvalue weighted by Crippen LogP contribution is -2.32. The second-order valence-electron chi connectivity index (χ2n) is 7.70. The van der Waals surface area contributed by atoms with Crippen molar-refractivity contribution < 1.29 is 19.4 Å². The molecule has 0 bridgehead atoms. The number of aliphatic imine (C=N–C) groups is 1. The molecule has 1 aliphatic rings. The van der Waals surface area contributed by atoms with Gasteiger partial charge in [-0.05, 0) is 61.0 Å². The van der Waals surface area contributed by atoms with E-state index in [1.807, 2.05) is 55.5 Å². The van der Waals surface area contributed by atoms with E-state index in [2.05, 4.69) is 0 Å². The summed E-state index contributed by atoms with van der Waals surface area (Å²) in [6.45, 7) is 2.45. The molecule has 1 N–H and O–H groups in total. The number of benzene rings is 3. The Balaban J connectivity index is 1.61. The fourth-order valence-corrected chi connectivity index (χ4v) is 5.30. The molecule has 1 aliphatic heterocycles. The fourth-order valence-electron chi connectivity index (χ4n) is 3.80. The largest absolute Gasteiger partial charge is 0.494 e. The molecule has 0 radical (unpaired) electrons. The van der Waals surface area contributed by atoms with Gasteiger partial charge in [-0.1, -0.05) is 41.9 Å². The number of carboxylic acid groups (broad SMARTS) is 1. The summed E-state index contributed by atoms with van der Waals surface area (Å²) in [5.41, 5.74) is 1.69. The van der Waals surface area contributed by atoms with Crippen LogP contribution in [0, 0.1) is 0 Å². The van der Waals surface area contributed by atoms with E-state index < -0.39 is 5.97 Å². The van der Waals surface area contributed by atoms with Gasteiger partial charge in [-0.3, -0.25) is 9.69 Å². The number of amidine groups is 1. The number of ether oxygens (including phenoxy) is 1. The smallest absolute Gasteiger partial charge is 0.335 e. The zero-order valence-electron chi connectivity index (χ0n) is 18.6. The molecular formula is C27H19ClN2O4S. The van der Waals surface area contributed by atoms with E-state index in [1.54, 1.807) is 23.1 Å². The first-order valence-electron chi connectivity index (χ1n) is 10.8. The lowest BCUT2D eigenvalue weighted by molar-refractivity contribution is -0.113. The molecule has 8 heteroatoms. The van der Waals surface area contributed by atoms with E-state index in [4.69, 9.17) is 26.4 Å². The minimum absolute atomic E-state index is 0.169. The highest BCUT2D eigenvalue weighted by atomic mass is 35.5. The molecule has 1 aromatic heterocycles. The van der Waals surface area contributed by atoms with Crippen molar-refractivity contribution in [3.8, 4) is 5.75 Å². The Morgan fingerprint density at radius 3 is 2.46 bits per heavy atom. The Hall–Kier alpha value is -3.94. The average Bonchev–Trinajstić information content (AvgIpc) is 3.37. The Morgan fingerprint density at radius 1 is 1.09 bits per heavy atom. The van der Waals surface area contributed by atoms with E-state index in [1.165, 1.54) is 23.5 Å². The van der Waals surface area contributed by atoms with Crippen molar-refractivity contribution in [2.75, 3.05) is 11.5 Å². The van der Waals surface area contributed by atoms with Crippen LogP contribution >= 0.6 is 22.9 Å². The number of anilines is 1. The number of thiophene rings is 1. The molecule has 6 nitrogen and oxygen atoms in total. The van der Waals surface area contributed by atoms with Gasteiger partial charge >= 0.3 is 5.97 Å². The van der Waals surface area contributed by atoms with Gasteiger partial charge < -0.3 is 9.84 Å². The number of hydrogen-bond acceptors (Lipinski definition) is 5. The van der Waals surface area contributed by atoms with Crippen LogP contribution in [-0.2, 0) is 4.79 Å². The van der Waals surface area contributed by atoms with Crippen LogP contribution in [-0.4, -0.2) is 29.4 Å². The Morgan fingerprint density at radius 2 is 1.80 bits per heavy atom. The number of aromatic carboxylic acids is 1. The van der Waals surface area contributed by atoms with Crippen molar-refractivity contribution >= 4 is 62.5 Å². The fraction of sp³-hybridized carbons (Fsp3) is 0.0741. The van der Waals surface area contributed by atoms with Gasteiger partial charge in [0.15, 0.2) is 5.84 Å². The van der Waals surface area contributed by atoms with Crippen molar-refractivity contribution in [1.82, 2.24) is 0 Å². The van der Waals surface area contributed by atoms with Crippen molar-refractivity contribution in [2.45, 2.75) is 6.92 Å². The Bertz CT molecular complexity index is 1500. The van der Waals surface area contributed by atoms with Crippen LogP contribution in [0.5, 0.6) is 5.75 Å². The van der Waals surface area contributed by atoms with Crippen LogP contribution in [0.3, 0.4) is 0 Å². The van der Waals surface area contributed by atoms with Gasteiger partial charge in [0.05, 0.1) is 27.8 Å². The maximum atomic E-state index is 13.6. The van der Waals surface area contributed by atoms with Crippen LogP contribution in [0.4, 0.5) is 5.69 Å². The van der Waals surface area contributed by atoms with Crippen LogP contribution in [0.25, 0.3) is 16.2 Å². The maximum Gasteiger partial charge on any atom is 0.335 e. The third-order valence-electron chi connectivity index (χ3n) is 5.47. The normalized spacial score (nSPS) is 14.6. The number of carbonyl (C=O) groups excluding carboxylic acids is 1. The van der Waals surface area contributed by atoms with Gasteiger partial charge in [-0.15, -0.1) is 11.3 Å². The van der Waals surface area contributed by atoms with Crippen LogP contribution in [0.2, 0.25) is 5.02 Å². The van der Waals surface area contributed by atoms with Gasteiger partial charge in [0, 0.05) is 10.1 Å². The number of carboxylic acids is 1. The average molecular weight is 503 g/mol. The van der Waals surface area contributed by atoms with Crippen molar-refractivity contribution in [1.29, 1.82) is 0 Å². The zero-order valence-corrected chi connectivity index (χ0v) is 20.1. The van der Waals surface area contributed by atoms with Gasteiger partial charge in [0.25, 0.3) is 5.91 Å². The second kappa shape index (κ2) is 9.37. The second-order valence-corrected chi connectivity index (χ2v) is 9.13. The van der Waals surface area contributed by atoms with E-state index in [0.717, 1.165) is 10.1 Å². The van der Waals surface area contributed by atoms with E-state index in [0.29, 0.717) is 39.3 Å². The number of rotatable bonds is 6. The number of nitrogens with zero attached hydrogens (tertiary/aromatic N) is 2. The van der Waals surface area contributed by atoms with Crippen LogP contribution < -0.4 is 9.64 Å². The molecule has 2 heterocycles. The number of fused-ring (bicyclic) bond motifs is 1. The Kier molecular flexibility index (Phi) is 6.11. The van der Waals surface area contributed by atoms with Crippen LogP contribution in [0.15, 0.2) is 83.5 Å². The molecule has 0 atom stereocenters. The minimum atomic E-state index is -1.01. The molecule has 0 saturated carbocycles. The quantitative estimate of drug-likeness (QED) is 0.306. The highest BCUT2D eigenvalue weighted by Crippen LogP contribution is 2.39. The first-order chi connectivity index (χ1) is 17.0. The molecule has 5 rings (SSSR count). The van der Waals surface area contributed by atoms with E-state index in [9.17, 15) is 9.59 Å². The molecule has 0 aliphatic carbocycles. The van der Waals surface area contributed by atoms with Crippen molar-refractivity contribution in [2.24, 2.45) is 4.99 Å². The summed E-state index contributed by atoms with van der Waals surface area (Å²) in [4.78, 5) is 31.7. The van der Waals surface area contributed by atoms with Crippen LogP contribution in [0.1, 0.15) is 27.7 Å². The third kappa shape index (κ3) is 4.32. The summed E-state index contributed by atoms with van der Waals surface area (Å²) >= 11 is 8.23. The lowest BCUT2D eigenvalue weighted by Gasteiger charge is -2.18. The summed E-state index contributed by atoms with van der Waals surface area (Å²) in [5.74, 6) is -0.170. The van der Waals surface area contributed by atoms with E-state index in [-0.39, 0.29) is 17.2 Å². The highest BCUT2D eigenvalue weighted by Gasteiger charge is 2.35. The molecule has 0 spiro atoms. The molecule has 4 aromatic rings. The van der Waals surface area contributed by atoms with E-state index >= 15 is 0 Å². The molecule has 35 heavy (non-hydrogen) atoms. The highest BCUT2D eigenvalue weighted by molar-refractivity contribution is 7.21. The molecule has 174 valence electrons.